The molecule has 8 heteroatoms. The van der Waals surface area contributed by atoms with E-state index in [1.807, 2.05) is 0 Å². The van der Waals surface area contributed by atoms with Crippen LogP contribution in [0.15, 0.2) is 42.5 Å². The van der Waals surface area contributed by atoms with Crippen molar-refractivity contribution in [1.29, 1.82) is 0 Å². The molecule has 0 aliphatic rings. The average molecular weight is 362 g/mol. The first kappa shape index (κ1) is 19.0. The second-order valence-corrected chi connectivity index (χ2v) is 5.96. The summed E-state index contributed by atoms with van der Waals surface area (Å²) in [6, 6.07) is 9.84. The Bertz CT molecular complexity index is 733. The van der Waals surface area contributed by atoms with E-state index < -0.39 is 29.0 Å². The second-order valence-electron chi connectivity index (χ2n) is 5.96. The summed E-state index contributed by atoms with van der Waals surface area (Å²) in [4.78, 5) is 0. The molecule has 2 aromatic rings. The van der Waals surface area contributed by atoms with Crippen molar-refractivity contribution in [3.05, 3.63) is 59.2 Å². The van der Waals surface area contributed by atoms with Crippen LogP contribution < -0.4 is 11.5 Å². The number of nitrogen functional groups attached to an aromatic ring is 2. The summed E-state index contributed by atoms with van der Waals surface area (Å²) in [5.41, 5.74) is 6.89. The predicted octanol–water partition coefficient (Wildman–Crippen LogP) is 4.82. The van der Waals surface area contributed by atoms with Gasteiger partial charge in [0.1, 0.15) is 0 Å². The maximum absolute atomic E-state index is 13.3. The molecule has 2 rings (SSSR count). The molecule has 136 valence electrons. The summed E-state index contributed by atoms with van der Waals surface area (Å²) in [5, 5.41) is 0. The molecule has 0 saturated carbocycles. The third-order valence-electron chi connectivity index (χ3n) is 4.18. The minimum absolute atomic E-state index is 0.103. The van der Waals surface area contributed by atoms with Gasteiger partial charge in [0.15, 0.2) is 5.41 Å². The molecule has 0 aliphatic heterocycles. The van der Waals surface area contributed by atoms with Crippen molar-refractivity contribution < 1.29 is 26.3 Å². The van der Waals surface area contributed by atoms with Crippen molar-refractivity contribution in [3.8, 4) is 0 Å². The topological polar surface area (TPSA) is 52.0 Å². The number of halogens is 6. The number of hydrogen-bond donors (Lipinski definition) is 2. The Hall–Kier alpha value is -2.38. The molecule has 0 atom stereocenters. The van der Waals surface area contributed by atoms with E-state index in [-0.39, 0.29) is 18.9 Å². The highest BCUT2D eigenvalue weighted by molar-refractivity contribution is 5.54. The quantitative estimate of drug-likeness (QED) is 0.607. The van der Waals surface area contributed by atoms with Gasteiger partial charge in [-0.1, -0.05) is 24.3 Å². The smallest absolute Gasteiger partial charge is 0.399 e. The van der Waals surface area contributed by atoms with E-state index in [0.717, 1.165) is 12.1 Å². The first-order valence-corrected chi connectivity index (χ1v) is 7.23. The van der Waals surface area contributed by atoms with Crippen LogP contribution in [0.5, 0.6) is 0 Å². The van der Waals surface area contributed by atoms with Crippen molar-refractivity contribution in [1.82, 2.24) is 0 Å². The Labute approximate surface area is 140 Å². The SMILES string of the molecule is CC(c1cc(Cc2ccc(N)cc2)ccc1N)(C(F)(F)F)C(F)(F)F. The summed E-state index contributed by atoms with van der Waals surface area (Å²) < 4.78 is 79.7. The van der Waals surface area contributed by atoms with Gasteiger partial charge in [-0.05, 0) is 48.2 Å². The molecule has 0 heterocycles. The highest BCUT2D eigenvalue weighted by atomic mass is 19.4. The van der Waals surface area contributed by atoms with Crippen LogP contribution in [0.3, 0.4) is 0 Å². The second kappa shape index (κ2) is 6.16. The van der Waals surface area contributed by atoms with Crippen LogP contribution in [-0.4, -0.2) is 12.4 Å². The van der Waals surface area contributed by atoms with Crippen molar-refractivity contribution in [2.24, 2.45) is 0 Å². The molecule has 0 saturated heterocycles. The zero-order valence-electron chi connectivity index (χ0n) is 13.2. The third kappa shape index (κ3) is 3.52. The molecular weight excluding hydrogens is 346 g/mol. The number of alkyl halides is 6. The maximum Gasteiger partial charge on any atom is 0.406 e. The molecule has 0 unspecified atom stereocenters. The lowest BCUT2D eigenvalue weighted by Crippen LogP contribution is -2.52. The normalized spacial score (nSPS) is 13.1. The number of benzene rings is 2. The zero-order chi connectivity index (χ0) is 19.0. The standard InChI is InChI=1S/C17H16F6N2/c1-15(16(18,19)20,17(21,22)23)13-9-11(4-7-14(13)25)8-10-2-5-12(24)6-3-10/h2-7,9H,8,24-25H2,1H3. The first-order valence-electron chi connectivity index (χ1n) is 7.23. The van der Waals surface area contributed by atoms with Gasteiger partial charge in [-0.2, -0.15) is 26.3 Å². The van der Waals surface area contributed by atoms with Gasteiger partial charge in [-0.3, -0.25) is 0 Å². The van der Waals surface area contributed by atoms with Crippen LogP contribution in [0.2, 0.25) is 0 Å². The number of rotatable bonds is 3. The molecule has 0 radical (unpaired) electrons. The van der Waals surface area contributed by atoms with Crippen molar-refractivity contribution in [2.45, 2.75) is 31.1 Å². The van der Waals surface area contributed by atoms with Crippen LogP contribution in [0.1, 0.15) is 23.6 Å². The minimum atomic E-state index is -5.54. The summed E-state index contributed by atoms with van der Waals surface area (Å²) in [5.74, 6) is 0. The zero-order valence-corrected chi connectivity index (χ0v) is 13.2. The molecule has 2 aromatic carbocycles. The van der Waals surface area contributed by atoms with Gasteiger partial charge < -0.3 is 11.5 Å². The van der Waals surface area contributed by atoms with E-state index >= 15 is 0 Å². The monoisotopic (exact) mass is 362 g/mol. The minimum Gasteiger partial charge on any atom is -0.399 e. The Morgan fingerprint density at radius 1 is 0.760 bits per heavy atom. The van der Waals surface area contributed by atoms with E-state index in [9.17, 15) is 26.3 Å². The van der Waals surface area contributed by atoms with Crippen LogP contribution in [0.25, 0.3) is 0 Å². The van der Waals surface area contributed by atoms with Gasteiger partial charge >= 0.3 is 12.4 Å². The van der Waals surface area contributed by atoms with Gasteiger partial charge in [-0.25, -0.2) is 0 Å². The van der Waals surface area contributed by atoms with E-state index in [4.69, 9.17) is 11.5 Å². The van der Waals surface area contributed by atoms with Crippen molar-refractivity contribution >= 4 is 11.4 Å². The van der Waals surface area contributed by atoms with Gasteiger partial charge in [0.05, 0.1) is 0 Å². The number of anilines is 2. The van der Waals surface area contributed by atoms with Crippen LogP contribution in [0, 0.1) is 0 Å². The molecule has 0 fully saturated rings. The summed E-state index contributed by atoms with van der Waals surface area (Å²) in [6.45, 7) is 0.103. The Morgan fingerprint density at radius 2 is 1.24 bits per heavy atom. The van der Waals surface area contributed by atoms with Crippen molar-refractivity contribution in [2.75, 3.05) is 11.5 Å². The lowest BCUT2D eigenvalue weighted by molar-refractivity contribution is -0.297. The molecule has 4 N–H and O–H groups in total. The average Bonchev–Trinajstić information content (AvgIpc) is 2.48. The molecule has 2 nitrogen and oxygen atoms in total. The third-order valence-corrected chi connectivity index (χ3v) is 4.18. The van der Waals surface area contributed by atoms with Crippen LogP contribution in [-0.2, 0) is 11.8 Å². The summed E-state index contributed by atoms with van der Waals surface area (Å²) in [6.07, 6.45) is -10.9. The van der Waals surface area contributed by atoms with E-state index in [1.165, 1.54) is 6.07 Å². The first-order chi connectivity index (χ1) is 11.4. The molecule has 0 aromatic heterocycles. The fraction of sp³-hybridized carbons (Fsp3) is 0.294. The summed E-state index contributed by atoms with van der Waals surface area (Å²) >= 11 is 0. The number of nitrogens with two attached hydrogens (primary N) is 2. The highest BCUT2D eigenvalue weighted by Crippen LogP contribution is 2.53. The lowest BCUT2D eigenvalue weighted by atomic mass is 9.79. The molecule has 25 heavy (non-hydrogen) atoms. The van der Waals surface area contributed by atoms with Crippen LogP contribution in [0.4, 0.5) is 37.7 Å². The fourth-order valence-electron chi connectivity index (χ4n) is 2.48. The van der Waals surface area contributed by atoms with Crippen LogP contribution >= 0.6 is 0 Å². The molecule has 0 amide bonds. The Morgan fingerprint density at radius 3 is 1.72 bits per heavy atom. The molecule has 0 spiro atoms. The van der Waals surface area contributed by atoms with Gasteiger partial charge in [0.25, 0.3) is 0 Å². The summed E-state index contributed by atoms with van der Waals surface area (Å²) in [7, 11) is 0. The van der Waals surface area contributed by atoms with Gasteiger partial charge in [0, 0.05) is 11.4 Å². The largest absolute Gasteiger partial charge is 0.406 e. The highest BCUT2D eigenvalue weighted by Gasteiger charge is 2.69. The molecule has 0 bridgehead atoms. The Balaban J connectivity index is 2.52. The fourth-order valence-corrected chi connectivity index (χ4v) is 2.48. The van der Waals surface area contributed by atoms with Crippen molar-refractivity contribution in [3.63, 3.8) is 0 Å². The van der Waals surface area contributed by atoms with E-state index in [1.54, 1.807) is 24.3 Å². The van der Waals surface area contributed by atoms with Gasteiger partial charge in [-0.15, -0.1) is 0 Å². The van der Waals surface area contributed by atoms with E-state index in [0.29, 0.717) is 11.3 Å². The van der Waals surface area contributed by atoms with E-state index in [2.05, 4.69) is 0 Å². The number of hydrogen-bond acceptors (Lipinski definition) is 2. The Kier molecular flexibility index (Phi) is 4.67. The van der Waals surface area contributed by atoms with Gasteiger partial charge in [0.2, 0.25) is 0 Å². The molecular formula is C17H16F6N2. The molecule has 0 aliphatic carbocycles. The maximum atomic E-state index is 13.3. The lowest BCUT2D eigenvalue weighted by Gasteiger charge is -2.35. The predicted molar refractivity (Wildman–Crippen MR) is 84.0 cm³/mol.